The Hall–Kier alpha value is -2.67. The zero-order chi connectivity index (χ0) is 17.7. The van der Waals surface area contributed by atoms with Crippen molar-refractivity contribution >= 4 is 6.02 Å². The number of rotatable bonds is 1. The lowest BCUT2D eigenvalue weighted by Gasteiger charge is -2.45. The molecular weight excluding hydrogens is 337 g/mol. The minimum atomic E-state index is -0.639. The highest BCUT2D eigenvalue weighted by atomic mass is 19.1. The van der Waals surface area contributed by atoms with Gasteiger partial charge in [-0.2, -0.15) is 0 Å². The van der Waals surface area contributed by atoms with E-state index in [1.54, 1.807) is 6.20 Å². The SMILES string of the molecule is NC1=N[C@@]2(CO1)c1cc(-c3cncc(F)c3)ccc1OC1CCOC[C@@H]12. The van der Waals surface area contributed by atoms with E-state index >= 15 is 0 Å². The number of fused-ring (bicyclic) bond motifs is 4. The number of hydrogen-bond donors (Lipinski definition) is 1. The van der Waals surface area contributed by atoms with Crippen LogP contribution in [0.15, 0.2) is 41.7 Å². The first-order chi connectivity index (χ1) is 12.7. The molecule has 1 fully saturated rings. The molecule has 0 radical (unpaired) electrons. The zero-order valence-corrected chi connectivity index (χ0v) is 14.0. The minimum absolute atomic E-state index is 0.0104. The van der Waals surface area contributed by atoms with Gasteiger partial charge in [0.2, 0.25) is 0 Å². The fourth-order valence-electron chi connectivity index (χ4n) is 4.16. The zero-order valence-electron chi connectivity index (χ0n) is 14.0. The van der Waals surface area contributed by atoms with Gasteiger partial charge in [-0.05, 0) is 23.8 Å². The Morgan fingerprint density at radius 1 is 1.19 bits per heavy atom. The predicted molar refractivity (Wildman–Crippen MR) is 92.2 cm³/mol. The molecule has 2 aromatic rings. The molecule has 1 aromatic carbocycles. The molecule has 0 aliphatic carbocycles. The summed E-state index contributed by atoms with van der Waals surface area (Å²) in [5.41, 5.74) is 7.67. The van der Waals surface area contributed by atoms with E-state index in [0.717, 1.165) is 23.3 Å². The number of ether oxygens (including phenoxy) is 3. The number of aliphatic imine (C=N–C) groups is 1. The van der Waals surface area contributed by atoms with Crippen molar-refractivity contribution in [2.24, 2.45) is 16.6 Å². The van der Waals surface area contributed by atoms with Crippen LogP contribution in [-0.2, 0) is 15.0 Å². The van der Waals surface area contributed by atoms with Crippen molar-refractivity contribution in [3.8, 4) is 16.9 Å². The highest BCUT2D eigenvalue weighted by Gasteiger charge is 2.54. The number of hydrogen-bond acceptors (Lipinski definition) is 6. The molecule has 0 amide bonds. The smallest absolute Gasteiger partial charge is 0.283 e. The second kappa shape index (κ2) is 5.67. The molecule has 26 heavy (non-hydrogen) atoms. The van der Waals surface area contributed by atoms with Crippen molar-refractivity contribution in [3.05, 3.63) is 48.0 Å². The normalized spacial score (nSPS) is 29.3. The Labute approximate surface area is 149 Å². The lowest BCUT2D eigenvalue weighted by Crippen LogP contribution is -2.52. The van der Waals surface area contributed by atoms with E-state index in [-0.39, 0.29) is 23.9 Å². The Morgan fingerprint density at radius 2 is 2.12 bits per heavy atom. The third-order valence-electron chi connectivity index (χ3n) is 5.42. The van der Waals surface area contributed by atoms with Gasteiger partial charge < -0.3 is 19.9 Å². The molecule has 1 saturated heterocycles. The average Bonchev–Trinajstić information content (AvgIpc) is 3.04. The van der Waals surface area contributed by atoms with Crippen LogP contribution >= 0.6 is 0 Å². The number of benzene rings is 1. The third-order valence-corrected chi connectivity index (χ3v) is 5.42. The molecule has 3 aliphatic heterocycles. The lowest BCUT2D eigenvalue weighted by molar-refractivity contribution is -0.0726. The van der Waals surface area contributed by atoms with Gasteiger partial charge in [0.15, 0.2) is 0 Å². The van der Waals surface area contributed by atoms with Gasteiger partial charge in [0.05, 0.1) is 25.3 Å². The summed E-state index contributed by atoms with van der Waals surface area (Å²) in [6, 6.07) is 7.43. The molecular formula is C19H18FN3O3. The maximum Gasteiger partial charge on any atom is 0.283 e. The van der Waals surface area contributed by atoms with Gasteiger partial charge in [0.25, 0.3) is 6.02 Å². The Kier molecular flexibility index (Phi) is 3.40. The van der Waals surface area contributed by atoms with Crippen LogP contribution in [0, 0.1) is 11.7 Å². The number of nitrogens with two attached hydrogens (primary N) is 1. The van der Waals surface area contributed by atoms with Crippen molar-refractivity contribution in [3.63, 3.8) is 0 Å². The fourth-order valence-corrected chi connectivity index (χ4v) is 4.16. The van der Waals surface area contributed by atoms with Gasteiger partial charge in [0.1, 0.15) is 29.8 Å². The fraction of sp³-hybridized carbons (Fsp3) is 0.368. The Morgan fingerprint density at radius 3 is 2.92 bits per heavy atom. The summed E-state index contributed by atoms with van der Waals surface area (Å²) < 4.78 is 31.1. The molecule has 134 valence electrons. The van der Waals surface area contributed by atoms with E-state index in [1.807, 2.05) is 18.2 Å². The summed E-state index contributed by atoms with van der Waals surface area (Å²) in [4.78, 5) is 8.62. The van der Waals surface area contributed by atoms with E-state index < -0.39 is 5.54 Å². The minimum Gasteiger partial charge on any atom is -0.489 e. The van der Waals surface area contributed by atoms with Crippen molar-refractivity contribution < 1.29 is 18.6 Å². The number of amidine groups is 1. The van der Waals surface area contributed by atoms with Crippen molar-refractivity contribution in [1.82, 2.24) is 4.98 Å². The summed E-state index contributed by atoms with van der Waals surface area (Å²) in [5.74, 6) is 0.410. The Bertz CT molecular complexity index is 903. The van der Waals surface area contributed by atoms with E-state index in [4.69, 9.17) is 19.9 Å². The summed E-state index contributed by atoms with van der Waals surface area (Å²) in [6.07, 6.45) is 3.63. The van der Waals surface area contributed by atoms with Crippen molar-refractivity contribution in [1.29, 1.82) is 0 Å². The molecule has 3 atom stereocenters. The monoisotopic (exact) mass is 355 g/mol. The summed E-state index contributed by atoms with van der Waals surface area (Å²) in [7, 11) is 0. The second-order valence-corrected chi connectivity index (χ2v) is 6.89. The highest BCUT2D eigenvalue weighted by Crippen LogP contribution is 2.50. The number of pyridine rings is 1. The average molecular weight is 355 g/mol. The molecule has 6 nitrogen and oxygen atoms in total. The van der Waals surface area contributed by atoms with E-state index in [2.05, 4.69) is 9.98 Å². The maximum atomic E-state index is 13.6. The molecule has 4 heterocycles. The van der Waals surface area contributed by atoms with Gasteiger partial charge in [0, 0.05) is 23.7 Å². The lowest BCUT2D eigenvalue weighted by atomic mass is 9.72. The van der Waals surface area contributed by atoms with Gasteiger partial charge in [-0.15, -0.1) is 0 Å². The van der Waals surface area contributed by atoms with Crippen molar-refractivity contribution in [2.45, 2.75) is 18.1 Å². The Balaban J connectivity index is 1.67. The standard InChI is InChI=1S/C19H18FN3O3/c20-13-5-12(7-22-8-13)11-1-2-16-14(6-11)19(10-25-18(21)23-19)15-9-24-4-3-17(15)26-16/h1-2,5-8,15,17H,3-4,9-10H2,(H2,21,23)/t15-,17?,19-/m0/s1. The number of halogens is 1. The van der Waals surface area contributed by atoms with E-state index in [1.165, 1.54) is 12.3 Å². The molecule has 1 aromatic heterocycles. The molecule has 2 N–H and O–H groups in total. The first-order valence-electron chi connectivity index (χ1n) is 8.64. The van der Waals surface area contributed by atoms with E-state index in [0.29, 0.717) is 25.4 Å². The maximum absolute atomic E-state index is 13.6. The summed E-state index contributed by atoms with van der Waals surface area (Å²) in [6.45, 7) is 1.56. The quantitative estimate of drug-likeness (QED) is 0.849. The first-order valence-corrected chi connectivity index (χ1v) is 8.64. The largest absolute Gasteiger partial charge is 0.489 e. The van der Waals surface area contributed by atoms with Crippen LogP contribution in [0.2, 0.25) is 0 Å². The van der Waals surface area contributed by atoms with Gasteiger partial charge in [-0.3, -0.25) is 4.98 Å². The molecule has 1 unspecified atom stereocenters. The highest BCUT2D eigenvalue weighted by molar-refractivity contribution is 5.75. The van der Waals surface area contributed by atoms with Crippen LogP contribution < -0.4 is 10.5 Å². The van der Waals surface area contributed by atoms with Gasteiger partial charge >= 0.3 is 0 Å². The molecule has 0 bridgehead atoms. The molecule has 3 aliphatic rings. The molecule has 7 heteroatoms. The summed E-state index contributed by atoms with van der Waals surface area (Å²) in [5, 5.41) is 0. The van der Waals surface area contributed by atoms with Crippen LogP contribution in [0.3, 0.4) is 0 Å². The second-order valence-electron chi connectivity index (χ2n) is 6.89. The van der Waals surface area contributed by atoms with Crippen LogP contribution in [0.4, 0.5) is 4.39 Å². The van der Waals surface area contributed by atoms with Gasteiger partial charge in [-0.25, -0.2) is 9.38 Å². The molecule has 1 spiro atoms. The predicted octanol–water partition coefficient (Wildman–Crippen LogP) is 2.23. The topological polar surface area (TPSA) is 79.0 Å². The van der Waals surface area contributed by atoms with Crippen molar-refractivity contribution in [2.75, 3.05) is 19.8 Å². The number of nitrogens with zero attached hydrogens (tertiary/aromatic N) is 2. The van der Waals surface area contributed by atoms with E-state index in [9.17, 15) is 4.39 Å². The van der Waals surface area contributed by atoms with Crippen LogP contribution in [0.25, 0.3) is 11.1 Å². The molecule has 0 saturated carbocycles. The van der Waals surface area contributed by atoms with Crippen LogP contribution in [0.5, 0.6) is 5.75 Å². The molecule has 5 rings (SSSR count). The van der Waals surface area contributed by atoms with Crippen LogP contribution in [0.1, 0.15) is 12.0 Å². The number of aromatic nitrogens is 1. The van der Waals surface area contributed by atoms with Crippen LogP contribution in [-0.4, -0.2) is 36.9 Å². The van der Waals surface area contributed by atoms with Gasteiger partial charge in [-0.1, -0.05) is 6.07 Å². The summed E-state index contributed by atoms with van der Waals surface area (Å²) >= 11 is 0. The first kappa shape index (κ1) is 15.6. The third kappa shape index (κ3) is 2.27.